The molecule has 0 saturated heterocycles. The Balaban J connectivity index is 4.06. The van der Waals surface area contributed by atoms with Crippen LogP contribution in [0.15, 0.2) is 0 Å². The van der Waals surface area contributed by atoms with Gasteiger partial charge >= 0.3 is 6.18 Å². The minimum absolute atomic E-state index is 0.229. The van der Waals surface area contributed by atoms with E-state index >= 15 is 0 Å². The number of rotatable bonds is 7. The van der Waals surface area contributed by atoms with Gasteiger partial charge in [0.15, 0.2) is 0 Å². The molecule has 0 heterocycles. The summed E-state index contributed by atoms with van der Waals surface area (Å²) in [7, 11) is 0. The van der Waals surface area contributed by atoms with Crippen LogP contribution in [0.3, 0.4) is 0 Å². The smallest absolute Gasteiger partial charge is 0.364 e. The van der Waals surface area contributed by atoms with Crippen molar-refractivity contribution >= 4 is 5.91 Å². The molecule has 0 bridgehead atoms. The van der Waals surface area contributed by atoms with Gasteiger partial charge in [-0.25, -0.2) is 0 Å². The molecule has 0 aliphatic heterocycles. The number of nitrogens with two attached hydrogens (primary N) is 1. The lowest BCUT2D eigenvalue weighted by atomic mass is 9.97. The van der Waals surface area contributed by atoms with Gasteiger partial charge in [-0.3, -0.25) is 4.79 Å². The molecule has 4 nitrogen and oxygen atoms in total. The summed E-state index contributed by atoms with van der Waals surface area (Å²) in [4.78, 5) is 11.1. The second kappa shape index (κ2) is 6.80. The SMILES string of the molecule is CCC(CC)(CN)OCC(=O)NCC(F)(F)F. The van der Waals surface area contributed by atoms with Crippen molar-refractivity contribution in [2.24, 2.45) is 5.73 Å². The normalized spacial score (nSPS) is 12.6. The Kier molecular flexibility index (Phi) is 6.48. The van der Waals surface area contributed by atoms with E-state index in [0.29, 0.717) is 12.8 Å². The number of halogens is 3. The van der Waals surface area contributed by atoms with Crippen LogP contribution in [0.4, 0.5) is 13.2 Å². The zero-order valence-electron chi connectivity index (χ0n) is 10.1. The number of carbonyl (C=O) groups is 1. The fourth-order valence-corrected chi connectivity index (χ4v) is 1.27. The highest BCUT2D eigenvalue weighted by atomic mass is 19.4. The molecule has 0 radical (unpaired) electrons. The maximum Gasteiger partial charge on any atom is 0.405 e. The monoisotopic (exact) mass is 256 g/mol. The Morgan fingerprint density at radius 2 is 1.82 bits per heavy atom. The average molecular weight is 256 g/mol. The molecule has 0 rings (SSSR count). The summed E-state index contributed by atoms with van der Waals surface area (Å²) in [6.45, 7) is 2.18. The standard InChI is InChI=1S/C10H19F3N2O2/c1-3-9(4-2,6-14)17-5-8(16)15-7-10(11,12)13/h3-7,14H2,1-2H3,(H,15,16). The van der Waals surface area contributed by atoms with Gasteiger partial charge in [-0.2, -0.15) is 13.2 Å². The largest absolute Gasteiger partial charge is 0.405 e. The first-order valence-corrected chi connectivity index (χ1v) is 5.46. The zero-order valence-corrected chi connectivity index (χ0v) is 10.1. The molecule has 0 saturated carbocycles. The second-order valence-electron chi connectivity index (χ2n) is 3.77. The summed E-state index contributed by atoms with van der Waals surface area (Å²) in [5, 5.41) is 1.74. The van der Waals surface area contributed by atoms with E-state index in [2.05, 4.69) is 0 Å². The number of hydrogen-bond acceptors (Lipinski definition) is 3. The van der Waals surface area contributed by atoms with E-state index in [1.165, 1.54) is 0 Å². The fourth-order valence-electron chi connectivity index (χ4n) is 1.27. The summed E-state index contributed by atoms with van der Waals surface area (Å²) < 4.78 is 40.7. The Hall–Kier alpha value is -0.820. The van der Waals surface area contributed by atoms with Crippen molar-refractivity contribution < 1.29 is 22.7 Å². The van der Waals surface area contributed by atoms with Crippen molar-refractivity contribution in [2.45, 2.75) is 38.5 Å². The average Bonchev–Trinajstić information content (AvgIpc) is 2.28. The quantitative estimate of drug-likeness (QED) is 0.719. The van der Waals surface area contributed by atoms with Crippen molar-refractivity contribution in [3.05, 3.63) is 0 Å². The number of hydrogen-bond donors (Lipinski definition) is 2. The second-order valence-corrected chi connectivity index (χ2v) is 3.77. The summed E-state index contributed by atoms with van der Waals surface area (Å²) in [6.07, 6.45) is -3.20. The van der Waals surface area contributed by atoms with Crippen LogP contribution in [-0.2, 0) is 9.53 Å². The van der Waals surface area contributed by atoms with Crippen molar-refractivity contribution in [2.75, 3.05) is 19.7 Å². The highest BCUT2D eigenvalue weighted by molar-refractivity contribution is 5.77. The van der Waals surface area contributed by atoms with E-state index in [1.54, 1.807) is 5.32 Å². The topological polar surface area (TPSA) is 64.3 Å². The highest BCUT2D eigenvalue weighted by Crippen LogP contribution is 2.18. The molecule has 3 N–H and O–H groups in total. The van der Waals surface area contributed by atoms with E-state index in [-0.39, 0.29) is 6.54 Å². The lowest BCUT2D eigenvalue weighted by Crippen LogP contribution is -2.43. The Morgan fingerprint density at radius 1 is 1.29 bits per heavy atom. The lowest BCUT2D eigenvalue weighted by molar-refractivity contribution is -0.145. The third-order valence-corrected chi connectivity index (χ3v) is 2.66. The molecule has 7 heteroatoms. The molecule has 17 heavy (non-hydrogen) atoms. The number of alkyl halides is 3. The first kappa shape index (κ1) is 16.2. The van der Waals surface area contributed by atoms with E-state index in [0.717, 1.165) is 0 Å². The highest BCUT2D eigenvalue weighted by Gasteiger charge is 2.29. The van der Waals surface area contributed by atoms with E-state index < -0.39 is 30.8 Å². The molecule has 0 atom stereocenters. The molecule has 0 aliphatic rings. The molecule has 1 amide bonds. The molecular formula is C10H19F3N2O2. The number of nitrogens with one attached hydrogen (secondary N) is 1. The third kappa shape index (κ3) is 6.48. The van der Waals surface area contributed by atoms with Crippen molar-refractivity contribution in [3.8, 4) is 0 Å². The molecule has 102 valence electrons. The minimum atomic E-state index is -4.41. The van der Waals surface area contributed by atoms with Gasteiger partial charge in [0.2, 0.25) is 5.91 Å². The molecule has 0 fully saturated rings. The van der Waals surface area contributed by atoms with Crippen molar-refractivity contribution in [1.29, 1.82) is 0 Å². The van der Waals surface area contributed by atoms with Crippen LogP contribution < -0.4 is 11.1 Å². The van der Waals surface area contributed by atoms with E-state index in [9.17, 15) is 18.0 Å². The molecule has 0 unspecified atom stereocenters. The van der Waals surface area contributed by atoms with Gasteiger partial charge in [0, 0.05) is 6.54 Å². The maximum atomic E-state index is 11.8. The third-order valence-electron chi connectivity index (χ3n) is 2.66. The number of carbonyl (C=O) groups excluding carboxylic acids is 1. The summed E-state index contributed by atoms with van der Waals surface area (Å²) >= 11 is 0. The molecule has 0 aromatic heterocycles. The fraction of sp³-hybridized carbons (Fsp3) is 0.900. The van der Waals surface area contributed by atoms with Gasteiger partial charge in [-0.05, 0) is 12.8 Å². The Morgan fingerprint density at radius 3 is 2.18 bits per heavy atom. The van der Waals surface area contributed by atoms with Crippen molar-refractivity contribution in [3.63, 3.8) is 0 Å². The van der Waals surface area contributed by atoms with Gasteiger partial charge in [0.25, 0.3) is 0 Å². The summed E-state index contributed by atoms with van der Waals surface area (Å²) in [6, 6.07) is 0. The molecular weight excluding hydrogens is 237 g/mol. The van der Waals surface area contributed by atoms with Gasteiger partial charge in [0.05, 0.1) is 5.60 Å². The van der Waals surface area contributed by atoms with Crippen LogP contribution in [0.1, 0.15) is 26.7 Å². The van der Waals surface area contributed by atoms with Crippen LogP contribution in [0.2, 0.25) is 0 Å². The van der Waals surface area contributed by atoms with Crippen LogP contribution in [0.5, 0.6) is 0 Å². The first-order chi connectivity index (χ1) is 7.78. The predicted molar refractivity (Wildman–Crippen MR) is 57.4 cm³/mol. The molecule has 0 spiro atoms. The summed E-state index contributed by atoms with van der Waals surface area (Å²) in [5.41, 5.74) is 4.89. The molecule has 0 aromatic rings. The number of ether oxygens (including phenoxy) is 1. The molecule has 0 aromatic carbocycles. The first-order valence-electron chi connectivity index (χ1n) is 5.46. The van der Waals surface area contributed by atoms with Crippen LogP contribution in [0, 0.1) is 0 Å². The Labute approximate surface area is 98.7 Å². The van der Waals surface area contributed by atoms with Gasteiger partial charge in [0.1, 0.15) is 13.2 Å². The van der Waals surface area contributed by atoms with Crippen LogP contribution in [0.25, 0.3) is 0 Å². The lowest BCUT2D eigenvalue weighted by Gasteiger charge is -2.30. The van der Waals surface area contributed by atoms with Crippen molar-refractivity contribution in [1.82, 2.24) is 5.32 Å². The van der Waals surface area contributed by atoms with Gasteiger partial charge in [-0.1, -0.05) is 13.8 Å². The summed E-state index contributed by atoms with van der Waals surface area (Å²) in [5.74, 6) is -0.790. The van der Waals surface area contributed by atoms with Gasteiger partial charge < -0.3 is 15.8 Å². The number of amides is 1. The maximum absolute atomic E-state index is 11.8. The van der Waals surface area contributed by atoms with Crippen LogP contribution in [-0.4, -0.2) is 37.4 Å². The van der Waals surface area contributed by atoms with Gasteiger partial charge in [-0.15, -0.1) is 0 Å². The molecule has 0 aliphatic carbocycles. The predicted octanol–water partition coefficient (Wildman–Crippen LogP) is 1.20. The zero-order chi connectivity index (χ0) is 13.5. The van der Waals surface area contributed by atoms with E-state index in [1.807, 2.05) is 13.8 Å². The van der Waals surface area contributed by atoms with Crippen LogP contribution >= 0.6 is 0 Å². The van der Waals surface area contributed by atoms with E-state index in [4.69, 9.17) is 10.5 Å². The Bertz CT molecular complexity index is 232. The minimum Gasteiger partial charge on any atom is -0.364 e.